The van der Waals surface area contributed by atoms with Gasteiger partial charge in [-0.2, -0.15) is 0 Å². The topological polar surface area (TPSA) is 31.0 Å². The van der Waals surface area contributed by atoms with E-state index in [1.54, 1.807) is 0 Å². The molecule has 1 N–H and O–H groups in total. The molecule has 0 bridgehead atoms. The summed E-state index contributed by atoms with van der Waals surface area (Å²) in [6.07, 6.45) is 0. The van der Waals surface area contributed by atoms with Crippen LogP contribution in [0.25, 0.3) is 0 Å². The highest BCUT2D eigenvalue weighted by atomic mass is 32.2. The van der Waals surface area contributed by atoms with Crippen molar-refractivity contribution >= 4 is 121 Å². The lowest BCUT2D eigenvalue weighted by Gasteiger charge is -2.47. The van der Waals surface area contributed by atoms with Crippen molar-refractivity contribution < 1.29 is 4.74 Å². The summed E-state index contributed by atoms with van der Waals surface area (Å²) in [6.45, 7) is 0.0622. The third kappa shape index (κ3) is 3.61. The third-order valence-electron chi connectivity index (χ3n) is 12.6. The Balaban J connectivity index is 1.02. The van der Waals surface area contributed by atoms with Gasteiger partial charge >= 0.3 is 0 Å². The molecule has 6 aliphatic heterocycles. The minimum atomic E-state index is 0.0142. The Morgan fingerprint density at radius 3 is 1.84 bits per heavy atom. The van der Waals surface area contributed by atoms with Crippen molar-refractivity contribution in [1.29, 1.82) is 0 Å². The largest absolute Gasteiger partial charge is 0.458 e. The average Bonchev–Trinajstić information content (AvgIpc) is 3.26. The molecule has 0 aromatic heterocycles. The quantitative estimate of drug-likeness (QED) is 0.170. The van der Waals surface area contributed by atoms with Gasteiger partial charge in [-0.05, 0) is 106 Å². The summed E-state index contributed by atoms with van der Waals surface area (Å²) in [4.78, 5) is 9.97. The predicted octanol–water partition coefficient (Wildman–Crippen LogP) is 8.70. The van der Waals surface area contributed by atoms with Gasteiger partial charge in [0.15, 0.2) is 0 Å². The van der Waals surface area contributed by atoms with E-state index < -0.39 is 0 Å². The molecular weight excluding hydrogens is 702 g/mol. The summed E-state index contributed by atoms with van der Waals surface area (Å²) in [5, 5.41) is 3.77. The highest BCUT2D eigenvalue weighted by Gasteiger charge is 2.48. The zero-order valence-electron chi connectivity index (χ0n) is 29.9. The number of rotatable bonds is 1. The lowest BCUT2D eigenvalue weighted by atomic mass is 9.31. The Morgan fingerprint density at radius 1 is 0.411 bits per heavy atom. The molecule has 0 unspecified atom stereocenters. The third-order valence-corrected chi connectivity index (χ3v) is 13.7. The Kier molecular flexibility index (Phi) is 5.55. The van der Waals surface area contributed by atoms with Crippen molar-refractivity contribution in [1.82, 2.24) is 0 Å². The highest BCUT2D eigenvalue weighted by Crippen LogP contribution is 2.56. The normalized spacial score (nSPS) is 14.8. The van der Waals surface area contributed by atoms with Crippen molar-refractivity contribution in [3.63, 3.8) is 0 Å². The maximum Gasteiger partial charge on any atom is 0.256 e. The zero-order chi connectivity index (χ0) is 36.2. The van der Waals surface area contributed by atoms with Crippen molar-refractivity contribution in [2.45, 2.75) is 9.79 Å². The van der Waals surface area contributed by atoms with Crippen LogP contribution in [0.2, 0.25) is 0 Å². The van der Waals surface area contributed by atoms with Crippen LogP contribution < -0.4 is 57.5 Å². The second kappa shape index (κ2) is 10.5. The van der Waals surface area contributed by atoms with Crippen LogP contribution in [0.3, 0.4) is 0 Å². The molecule has 8 aromatic rings. The van der Waals surface area contributed by atoms with Gasteiger partial charge in [-0.15, -0.1) is 0 Å². The predicted molar refractivity (Wildman–Crippen MR) is 234 cm³/mol. The first-order chi connectivity index (χ1) is 27.8. The van der Waals surface area contributed by atoms with E-state index in [-0.39, 0.29) is 13.4 Å². The van der Waals surface area contributed by atoms with Crippen LogP contribution in [0.1, 0.15) is 0 Å². The van der Waals surface area contributed by atoms with Crippen LogP contribution in [0.15, 0.2) is 174 Å². The van der Waals surface area contributed by atoms with E-state index in [4.69, 9.17) is 4.74 Å². The highest BCUT2D eigenvalue weighted by molar-refractivity contribution is 8.00. The van der Waals surface area contributed by atoms with Crippen molar-refractivity contribution in [3.8, 4) is 11.5 Å². The summed E-state index contributed by atoms with van der Waals surface area (Å²) in [5.74, 6) is 1.87. The minimum absolute atomic E-state index is 0.0142. The molecule has 258 valence electrons. The number of anilines is 11. The van der Waals surface area contributed by atoms with E-state index in [1.807, 2.05) is 11.8 Å². The van der Waals surface area contributed by atoms with Gasteiger partial charge in [0.1, 0.15) is 11.5 Å². The van der Waals surface area contributed by atoms with Crippen LogP contribution in [-0.2, 0) is 0 Å². The number of nitrogens with zero attached hydrogens (tertiary/aromatic N) is 3. The van der Waals surface area contributed by atoms with E-state index in [9.17, 15) is 0 Å². The fourth-order valence-electron chi connectivity index (χ4n) is 10.4. The van der Waals surface area contributed by atoms with Crippen LogP contribution >= 0.6 is 11.8 Å². The van der Waals surface area contributed by atoms with Gasteiger partial charge < -0.3 is 24.8 Å². The van der Waals surface area contributed by atoms with Crippen LogP contribution in [0.4, 0.5) is 62.6 Å². The second-order valence-electron chi connectivity index (χ2n) is 15.3. The lowest BCUT2D eigenvalue weighted by Crippen LogP contribution is -2.63. The molecule has 0 spiro atoms. The summed E-state index contributed by atoms with van der Waals surface area (Å²) in [6, 6.07) is 60.2. The van der Waals surface area contributed by atoms with Gasteiger partial charge in [0.2, 0.25) is 6.71 Å². The van der Waals surface area contributed by atoms with Crippen LogP contribution in [0.5, 0.6) is 11.5 Å². The van der Waals surface area contributed by atoms with Gasteiger partial charge in [0.05, 0.1) is 45.5 Å². The summed E-state index contributed by atoms with van der Waals surface area (Å²) in [5.41, 5.74) is 20.8. The minimum Gasteiger partial charge on any atom is -0.458 e. The van der Waals surface area contributed by atoms with E-state index >= 15 is 0 Å². The second-order valence-corrected chi connectivity index (χ2v) is 16.4. The van der Waals surface area contributed by atoms with E-state index in [2.05, 4.69) is 184 Å². The van der Waals surface area contributed by atoms with Crippen molar-refractivity contribution in [3.05, 3.63) is 164 Å². The number of nitrogens with one attached hydrogen (secondary N) is 1. The standard InChI is InChI=1S/C48H28B2N4OS/c1-2-12-28(13-3-1)52-38-20-10-11-21-39(38)54-36-18-8-5-15-30(36)50-32-26-31-42(27-44(32)56-43-25-23-40(52)48(54)46(43)50)55-41-24-22-34-47-45(41)49(31)29-14-4-7-17-35(29)53(47)37-19-9-6-16-33(37)51-34/h1-27,51H. The first-order valence-corrected chi connectivity index (χ1v) is 20.1. The molecule has 5 nitrogen and oxygen atoms in total. The summed E-state index contributed by atoms with van der Waals surface area (Å²) < 4.78 is 7.01. The summed E-state index contributed by atoms with van der Waals surface area (Å²) >= 11 is 1.88. The fourth-order valence-corrected chi connectivity index (χ4v) is 11.6. The number of benzene rings is 8. The number of fused-ring (bicyclic) bond motifs is 14. The molecule has 0 radical (unpaired) electrons. The molecule has 0 fully saturated rings. The van der Waals surface area contributed by atoms with Crippen LogP contribution in [-0.4, -0.2) is 13.4 Å². The molecule has 14 rings (SSSR count). The van der Waals surface area contributed by atoms with Gasteiger partial charge in [0, 0.05) is 26.9 Å². The SMILES string of the molecule is c1ccc(N2c3ccccc3N3c4ccccc4B4c5cc6c(cc5Sc5ccc2c3c54)Oc2ccc3c4c2B6c2ccccc2N4c2ccccc2N3)cc1. The van der Waals surface area contributed by atoms with Gasteiger partial charge in [-0.1, -0.05) is 102 Å². The molecule has 56 heavy (non-hydrogen) atoms. The molecule has 8 heteroatoms. The Hall–Kier alpha value is -6.76. The number of hydrogen-bond acceptors (Lipinski definition) is 6. The van der Waals surface area contributed by atoms with Crippen molar-refractivity contribution in [2.75, 3.05) is 20.0 Å². The number of ether oxygens (including phenoxy) is 1. The molecule has 0 amide bonds. The smallest absolute Gasteiger partial charge is 0.256 e. The first-order valence-electron chi connectivity index (χ1n) is 19.3. The zero-order valence-corrected chi connectivity index (χ0v) is 30.7. The Bertz CT molecular complexity index is 3080. The van der Waals surface area contributed by atoms with Gasteiger partial charge in [-0.3, -0.25) is 0 Å². The molecule has 6 heterocycles. The molecule has 0 atom stereocenters. The monoisotopic (exact) mass is 730 g/mol. The molecule has 0 aliphatic carbocycles. The van der Waals surface area contributed by atoms with Gasteiger partial charge in [-0.25, -0.2) is 0 Å². The maximum atomic E-state index is 7.01. The van der Waals surface area contributed by atoms with E-state index in [0.29, 0.717) is 0 Å². The van der Waals surface area contributed by atoms with E-state index in [1.165, 1.54) is 82.4 Å². The number of para-hydroxylation sites is 7. The lowest BCUT2D eigenvalue weighted by molar-refractivity contribution is 0.486. The van der Waals surface area contributed by atoms with Gasteiger partial charge in [0.25, 0.3) is 6.71 Å². The van der Waals surface area contributed by atoms with E-state index in [0.717, 1.165) is 34.2 Å². The van der Waals surface area contributed by atoms with Crippen molar-refractivity contribution in [2.24, 2.45) is 0 Å². The summed E-state index contributed by atoms with van der Waals surface area (Å²) in [7, 11) is 0. The Labute approximate surface area is 329 Å². The number of hydrogen-bond donors (Lipinski definition) is 1. The molecular formula is C48H28B2N4OS. The van der Waals surface area contributed by atoms with Crippen LogP contribution in [0, 0.1) is 0 Å². The Morgan fingerprint density at radius 2 is 1.05 bits per heavy atom. The first kappa shape index (κ1) is 29.6. The average molecular weight is 730 g/mol. The molecule has 0 saturated heterocycles. The molecule has 8 aromatic carbocycles. The fraction of sp³-hybridized carbons (Fsp3) is 0. The molecule has 6 aliphatic rings. The maximum absolute atomic E-state index is 7.01. The molecule has 0 saturated carbocycles.